The van der Waals surface area contributed by atoms with E-state index < -0.39 is 4.92 Å². The Balaban J connectivity index is 2.11. The standard InChI is InChI=1S/C15H20N2O4/c1-15(2)7-6-11(9-15)16-14(18)10-4-5-12(17(19)20)13(8-10)21-3/h4-5,8,11H,6-7,9H2,1-3H3,(H,16,18). The number of hydrogen-bond acceptors (Lipinski definition) is 4. The molecule has 0 saturated heterocycles. The summed E-state index contributed by atoms with van der Waals surface area (Å²) >= 11 is 0. The zero-order chi connectivity index (χ0) is 15.6. The first-order valence-electron chi connectivity index (χ1n) is 6.96. The van der Waals surface area contributed by atoms with Gasteiger partial charge in [0, 0.05) is 23.7 Å². The summed E-state index contributed by atoms with van der Waals surface area (Å²) in [5, 5.41) is 13.8. The number of hydrogen-bond donors (Lipinski definition) is 1. The van der Waals surface area contributed by atoms with Crippen LogP contribution in [0.4, 0.5) is 5.69 Å². The summed E-state index contributed by atoms with van der Waals surface area (Å²) in [7, 11) is 1.35. The predicted molar refractivity (Wildman–Crippen MR) is 78.5 cm³/mol. The Kier molecular flexibility index (Phi) is 4.16. The molecule has 1 atom stereocenters. The second-order valence-corrected chi connectivity index (χ2v) is 6.22. The summed E-state index contributed by atoms with van der Waals surface area (Å²) in [6.07, 6.45) is 2.99. The Bertz CT molecular complexity index is 569. The lowest BCUT2D eigenvalue weighted by Crippen LogP contribution is -2.33. The number of ether oxygens (including phenoxy) is 1. The summed E-state index contributed by atoms with van der Waals surface area (Å²) in [5.74, 6) is -0.120. The highest BCUT2D eigenvalue weighted by Gasteiger charge is 2.32. The van der Waals surface area contributed by atoms with Gasteiger partial charge in [0.1, 0.15) is 0 Å². The maximum Gasteiger partial charge on any atom is 0.310 e. The molecule has 114 valence electrons. The highest BCUT2D eigenvalue weighted by atomic mass is 16.6. The second kappa shape index (κ2) is 5.71. The number of nitrogens with one attached hydrogen (secondary N) is 1. The van der Waals surface area contributed by atoms with Crippen molar-refractivity contribution in [2.75, 3.05) is 7.11 Å². The molecule has 21 heavy (non-hydrogen) atoms. The van der Waals surface area contributed by atoms with Crippen LogP contribution in [0.15, 0.2) is 18.2 Å². The number of rotatable bonds is 4. The molecule has 0 bridgehead atoms. The number of nitro benzene ring substituents is 1. The molecule has 6 nitrogen and oxygen atoms in total. The number of benzene rings is 1. The molecule has 1 saturated carbocycles. The van der Waals surface area contributed by atoms with Crippen molar-refractivity contribution in [3.05, 3.63) is 33.9 Å². The molecule has 0 aromatic heterocycles. The summed E-state index contributed by atoms with van der Waals surface area (Å²) < 4.78 is 4.98. The average Bonchev–Trinajstić information content (AvgIpc) is 2.76. The van der Waals surface area contributed by atoms with E-state index in [0.717, 1.165) is 19.3 Å². The Morgan fingerprint density at radius 3 is 2.71 bits per heavy atom. The van der Waals surface area contributed by atoms with Crippen LogP contribution in [0.5, 0.6) is 5.75 Å². The van der Waals surface area contributed by atoms with E-state index in [4.69, 9.17) is 4.74 Å². The van der Waals surface area contributed by atoms with E-state index in [-0.39, 0.29) is 28.8 Å². The molecule has 6 heteroatoms. The van der Waals surface area contributed by atoms with Gasteiger partial charge in [0.2, 0.25) is 0 Å². The fourth-order valence-corrected chi connectivity index (χ4v) is 2.80. The van der Waals surface area contributed by atoms with E-state index in [1.165, 1.54) is 25.3 Å². The molecule has 0 heterocycles. The quantitative estimate of drug-likeness (QED) is 0.683. The number of methoxy groups -OCH3 is 1. The summed E-state index contributed by atoms with van der Waals surface area (Å²) in [4.78, 5) is 22.5. The van der Waals surface area contributed by atoms with Gasteiger partial charge >= 0.3 is 5.69 Å². The van der Waals surface area contributed by atoms with E-state index in [1.54, 1.807) is 0 Å². The van der Waals surface area contributed by atoms with Crippen molar-refractivity contribution < 1.29 is 14.5 Å². The maximum absolute atomic E-state index is 12.2. The highest BCUT2D eigenvalue weighted by molar-refractivity contribution is 5.95. The van der Waals surface area contributed by atoms with Gasteiger partial charge in [0.05, 0.1) is 12.0 Å². The highest BCUT2D eigenvalue weighted by Crippen LogP contribution is 2.37. The Labute approximate surface area is 123 Å². The average molecular weight is 292 g/mol. The Hall–Kier alpha value is -2.11. The van der Waals surface area contributed by atoms with Crippen LogP contribution >= 0.6 is 0 Å². The largest absolute Gasteiger partial charge is 0.490 e. The zero-order valence-corrected chi connectivity index (χ0v) is 12.5. The fourth-order valence-electron chi connectivity index (χ4n) is 2.80. The van der Waals surface area contributed by atoms with Crippen LogP contribution < -0.4 is 10.1 Å². The lowest BCUT2D eigenvalue weighted by atomic mass is 9.92. The normalized spacial score (nSPS) is 20.0. The number of carbonyl (C=O) groups is 1. The number of amides is 1. The van der Waals surface area contributed by atoms with Crippen LogP contribution in [0.3, 0.4) is 0 Å². The van der Waals surface area contributed by atoms with E-state index in [1.807, 2.05) is 0 Å². The van der Waals surface area contributed by atoms with Crippen molar-refractivity contribution in [2.45, 2.75) is 39.2 Å². The third kappa shape index (κ3) is 3.51. The summed E-state index contributed by atoms with van der Waals surface area (Å²) in [6, 6.07) is 4.32. The minimum atomic E-state index is -0.528. The Morgan fingerprint density at radius 2 is 2.19 bits per heavy atom. The smallest absolute Gasteiger partial charge is 0.310 e. The molecule has 0 spiro atoms. The van der Waals surface area contributed by atoms with Crippen molar-refractivity contribution in [3.8, 4) is 5.75 Å². The van der Waals surface area contributed by atoms with Gasteiger partial charge in [-0.2, -0.15) is 0 Å². The van der Waals surface area contributed by atoms with Gasteiger partial charge in [-0.05, 0) is 30.7 Å². The summed E-state index contributed by atoms with van der Waals surface area (Å²) in [5.41, 5.74) is 0.490. The monoisotopic (exact) mass is 292 g/mol. The number of nitro groups is 1. The molecule has 1 aliphatic rings. The minimum Gasteiger partial charge on any atom is -0.490 e. The van der Waals surface area contributed by atoms with Gasteiger partial charge in [-0.15, -0.1) is 0 Å². The van der Waals surface area contributed by atoms with Gasteiger partial charge in [0.15, 0.2) is 5.75 Å². The van der Waals surface area contributed by atoms with E-state index in [2.05, 4.69) is 19.2 Å². The van der Waals surface area contributed by atoms with Gasteiger partial charge < -0.3 is 10.1 Å². The first kappa shape index (κ1) is 15.3. The molecule has 1 amide bonds. The third-order valence-electron chi connectivity index (χ3n) is 3.94. The fraction of sp³-hybridized carbons (Fsp3) is 0.533. The Morgan fingerprint density at radius 1 is 1.48 bits per heavy atom. The molecule has 1 aromatic carbocycles. The van der Waals surface area contributed by atoms with Crippen molar-refractivity contribution in [1.82, 2.24) is 5.32 Å². The first-order valence-corrected chi connectivity index (χ1v) is 6.96. The maximum atomic E-state index is 12.2. The number of carbonyl (C=O) groups excluding carboxylic acids is 1. The van der Waals surface area contributed by atoms with Crippen LogP contribution in [0.25, 0.3) is 0 Å². The van der Waals surface area contributed by atoms with E-state index in [0.29, 0.717) is 5.56 Å². The second-order valence-electron chi connectivity index (χ2n) is 6.22. The molecule has 1 aromatic rings. The molecule has 0 aliphatic heterocycles. The van der Waals surface area contributed by atoms with Gasteiger partial charge in [-0.25, -0.2) is 0 Å². The molecular formula is C15H20N2O4. The zero-order valence-electron chi connectivity index (χ0n) is 12.5. The topological polar surface area (TPSA) is 81.5 Å². The molecular weight excluding hydrogens is 272 g/mol. The van der Waals surface area contributed by atoms with Crippen LogP contribution in [0.1, 0.15) is 43.5 Å². The lowest BCUT2D eigenvalue weighted by molar-refractivity contribution is -0.385. The van der Waals surface area contributed by atoms with E-state index >= 15 is 0 Å². The van der Waals surface area contributed by atoms with Crippen LogP contribution in [-0.2, 0) is 0 Å². The predicted octanol–water partition coefficient (Wildman–Crippen LogP) is 2.91. The van der Waals surface area contributed by atoms with Crippen LogP contribution in [0.2, 0.25) is 0 Å². The van der Waals surface area contributed by atoms with Crippen LogP contribution in [0, 0.1) is 15.5 Å². The van der Waals surface area contributed by atoms with Gasteiger partial charge in [-0.1, -0.05) is 13.8 Å². The van der Waals surface area contributed by atoms with Crippen LogP contribution in [-0.4, -0.2) is 24.0 Å². The SMILES string of the molecule is COc1cc(C(=O)NC2CCC(C)(C)C2)ccc1[N+](=O)[O-]. The number of nitrogens with zero attached hydrogens (tertiary/aromatic N) is 1. The lowest BCUT2D eigenvalue weighted by Gasteiger charge is -2.18. The van der Waals surface area contributed by atoms with Crippen molar-refractivity contribution in [2.24, 2.45) is 5.41 Å². The molecule has 1 N–H and O–H groups in total. The molecule has 1 aliphatic carbocycles. The molecule has 0 radical (unpaired) electrons. The van der Waals surface area contributed by atoms with Gasteiger partial charge in [0.25, 0.3) is 5.91 Å². The molecule has 2 rings (SSSR count). The summed E-state index contributed by atoms with van der Waals surface area (Å²) in [6.45, 7) is 4.38. The van der Waals surface area contributed by atoms with Gasteiger partial charge in [-0.3, -0.25) is 14.9 Å². The minimum absolute atomic E-state index is 0.0967. The third-order valence-corrected chi connectivity index (χ3v) is 3.94. The van der Waals surface area contributed by atoms with Crippen molar-refractivity contribution in [1.29, 1.82) is 0 Å². The van der Waals surface area contributed by atoms with Crippen molar-refractivity contribution >= 4 is 11.6 Å². The molecule has 1 unspecified atom stereocenters. The van der Waals surface area contributed by atoms with Crippen molar-refractivity contribution in [3.63, 3.8) is 0 Å². The first-order chi connectivity index (χ1) is 9.82. The molecule has 1 fully saturated rings. The van der Waals surface area contributed by atoms with E-state index in [9.17, 15) is 14.9 Å².